The number of H-pyrrole nitrogens is 1. The van der Waals surface area contributed by atoms with Crippen molar-refractivity contribution < 1.29 is 9.90 Å². The Morgan fingerprint density at radius 1 is 1.07 bits per heavy atom. The van der Waals surface area contributed by atoms with Crippen molar-refractivity contribution in [2.45, 2.75) is 12.5 Å². The maximum Gasteiger partial charge on any atom is 0.336 e. The van der Waals surface area contributed by atoms with E-state index in [2.05, 4.69) is 38.3 Å². The zero-order valence-corrected chi connectivity index (χ0v) is 15.7. The van der Waals surface area contributed by atoms with E-state index in [4.69, 9.17) is 0 Å². The molecule has 0 saturated carbocycles. The van der Waals surface area contributed by atoms with Gasteiger partial charge in [0.25, 0.3) is 0 Å². The summed E-state index contributed by atoms with van der Waals surface area (Å²) in [7, 11) is 0. The molecular formula is C23H20N4O2. The molecule has 0 radical (unpaired) electrons. The van der Waals surface area contributed by atoms with Crippen molar-refractivity contribution in [1.82, 2.24) is 20.1 Å². The molecule has 5 rings (SSSR count). The fourth-order valence-corrected chi connectivity index (χ4v) is 4.03. The van der Waals surface area contributed by atoms with Gasteiger partial charge in [-0.2, -0.15) is 5.10 Å². The third kappa shape index (κ3) is 3.28. The summed E-state index contributed by atoms with van der Waals surface area (Å²) in [4.78, 5) is 18.1. The SMILES string of the molecule is O=C(O)c1ccccc1-c1ccc(CN2CC(c3[nH]nc4ncccc34)C2)cc1. The molecular weight excluding hydrogens is 364 g/mol. The number of carboxylic acids is 1. The number of nitrogens with one attached hydrogen (secondary N) is 1. The van der Waals surface area contributed by atoms with Gasteiger partial charge in [-0.25, -0.2) is 9.78 Å². The number of aromatic nitrogens is 3. The summed E-state index contributed by atoms with van der Waals surface area (Å²) in [6, 6.07) is 19.3. The van der Waals surface area contributed by atoms with Gasteiger partial charge in [0.15, 0.2) is 5.65 Å². The third-order valence-corrected chi connectivity index (χ3v) is 5.55. The van der Waals surface area contributed by atoms with E-state index in [1.54, 1.807) is 18.3 Å². The second kappa shape index (κ2) is 7.14. The van der Waals surface area contributed by atoms with E-state index < -0.39 is 5.97 Å². The first-order valence-electron chi connectivity index (χ1n) is 9.62. The lowest BCUT2D eigenvalue weighted by atomic mass is 9.93. The van der Waals surface area contributed by atoms with Crippen molar-refractivity contribution in [3.05, 3.63) is 83.7 Å². The van der Waals surface area contributed by atoms with Gasteiger partial charge in [0.1, 0.15) is 0 Å². The van der Waals surface area contributed by atoms with Gasteiger partial charge in [-0.15, -0.1) is 0 Å². The van der Waals surface area contributed by atoms with Gasteiger partial charge in [0.2, 0.25) is 0 Å². The third-order valence-electron chi connectivity index (χ3n) is 5.55. The van der Waals surface area contributed by atoms with Crippen molar-refractivity contribution in [3.8, 4) is 11.1 Å². The minimum Gasteiger partial charge on any atom is -0.478 e. The fourth-order valence-electron chi connectivity index (χ4n) is 4.03. The number of fused-ring (bicyclic) bond motifs is 1. The quantitative estimate of drug-likeness (QED) is 0.545. The number of aromatic carboxylic acids is 1. The molecule has 0 spiro atoms. The molecule has 0 bridgehead atoms. The van der Waals surface area contributed by atoms with Gasteiger partial charge >= 0.3 is 5.97 Å². The standard InChI is InChI=1S/C23H20N4O2/c28-23(29)19-5-2-1-4-18(19)16-9-7-15(8-10-16)12-27-13-17(14-27)21-20-6-3-11-24-22(20)26-25-21/h1-11,17H,12-14H2,(H,28,29)(H,24,25,26). The van der Waals surface area contributed by atoms with Crippen molar-refractivity contribution >= 4 is 17.0 Å². The molecule has 2 N–H and O–H groups in total. The fraction of sp³-hybridized carbons (Fsp3) is 0.174. The Morgan fingerprint density at radius 3 is 2.66 bits per heavy atom. The number of carbonyl (C=O) groups is 1. The average molecular weight is 384 g/mol. The molecule has 1 saturated heterocycles. The Labute approximate surface area is 167 Å². The number of carboxylic acid groups (broad SMARTS) is 1. The minimum atomic E-state index is -0.905. The molecule has 2 aromatic carbocycles. The number of hydrogen-bond acceptors (Lipinski definition) is 4. The van der Waals surface area contributed by atoms with E-state index >= 15 is 0 Å². The van der Waals surface area contributed by atoms with Gasteiger partial charge in [0, 0.05) is 37.1 Å². The van der Waals surface area contributed by atoms with E-state index in [0.717, 1.165) is 41.8 Å². The maximum atomic E-state index is 11.4. The molecule has 0 unspecified atom stereocenters. The first-order chi connectivity index (χ1) is 14.2. The molecule has 0 amide bonds. The van der Waals surface area contributed by atoms with Gasteiger partial charge < -0.3 is 5.11 Å². The zero-order chi connectivity index (χ0) is 19.8. The molecule has 1 fully saturated rings. The van der Waals surface area contributed by atoms with Crippen LogP contribution in [-0.4, -0.2) is 44.2 Å². The van der Waals surface area contributed by atoms with Crippen LogP contribution in [0.2, 0.25) is 0 Å². The smallest absolute Gasteiger partial charge is 0.336 e. The number of pyridine rings is 1. The molecule has 0 aliphatic carbocycles. The van der Waals surface area contributed by atoms with Crippen LogP contribution in [0.4, 0.5) is 0 Å². The van der Waals surface area contributed by atoms with Crippen LogP contribution in [0.15, 0.2) is 66.9 Å². The molecule has 2 aromatic heterocycles. The monoisotopic (exact) mass is 384 g/mol. The molecule has 1 aliphatic heterocycles. The number of hydrogen-bond donors (Lipinski definition) is 2. The van der Waals surface area contributed by atoms with Crippen LogP contribution in [0, 0.1) is 0 Å². The first-order valence-corrected chi connectivity index (χ1v) is 9.62. The molecule has 0 atom stereocenters. The van der Waals surface area contributed by atoms with Crippen LogP contribution in [0.25, 0.3) is 22.2 Å². The average Bonchev–Trinajstić information content (AvgIpc) is 3.14. The normalized spacial score (nSPS) is 14.8. The predicted octanol–water partition coefficient (Wildman–Crippen LogP) is 3.92. The summed E-state index contributed by atoms with van der Waals surface area (Å²) in [5.74, 6) is -0.455. The van der Waals surface area contributed by atoms with Crippen molar-refractivity contribution in [1.29, 1.82) is 0 Å². The van der Waals surface area contributed by atoms with Gasteiger partial charge in [-0.05, 0) is 34.9 Å². The molecule has 144 valence electrons. The van der Waals surface area contributed by atoms with Gasteiger partial charge in [-0.1, -0.05) is 42.5 Å². The van der Waals surface area contributed by atoms with Crippen LogP contribution in [-0.2, 0) is 6.54 Å². The Morgan fingerprint density at radius 2 is 1.86 bits per heavy atom. The summed E-state index contributed by atoms with van der Waals surface area (Å²) in [5, 5.41) is 17.9. The molecule has 6 heteroatoms. The van der Waals surface area contributed by atoms with Crippen molar-refractivity contribution in [3.63, 3.8) is 0 Å². The number of nitrogens with zero attached hydrogens (tertiary/aromatic N) is 3. The Balaban J connectivity index is 1.26. The van der Waals surface area contributed by atoms with Crippen LogP contribution >= 0.6 is 0 Å². The lowest BCUT2D eigenvalue weighted by Crippen LogP contribution is -2.44. The number of rotatable bonds is 5. The van der Waals surface area contributed by atoms with Crippen LogP contribution in [0.1, 0.15) is 27.5 Å². The van der Waals surface area contributed by atoms with E-state index in [-0.39, 0.29) is 0 Å². The van der Waals surface area contributed by atoms with Crippen LogP contribution in [0.3, 0.4) is 0 Å². The Kier molecular flexibility index (Phi) is 4.33. The Bertz CT molecular complexity index is 1180. The molecule has 4 aromatic rings. The molecule has 29 heavy (non-hydrogen) atoms. The number of benzene rings is 2. The van der Waals surface area contributed by atoms with Crippen molar-refractivity contribution in [2.24, 2.45) is 0 Å². The highest BCUT2D eigenvalue weighted by Gasteiger charge is 2.30. The second-order valence-corrected chi connectivity index (χ2v) is 7.45. The largest absolute Gasteiger partial charge is 0.478 e. The minimum absolute atomic E-state index is 0.326. The first kappa shape index (κ1) is 17.6. The van der Waals surface area contributed by atoms with Crippen LogP contribution < -0.4 is 0 Å². The highest BCUT2D eigenvalue weighted by Crippen LogP contribution is 2.31. The van der Waals surface area contributed by atoms with Crippen molar-refractivity contribution in [2.75, 3.05) is 13.1 Å². The van der Waals surface area contributed by atoms with E-state index in [9.17, 15) is 9.90 Å². The summed E-state index contributed by atoms with van der Waals surface area (Å²) >= 11 is 0. The lowest BCUT2D eigenvalue weighted by Gasteiger charge is -2.38. The Hall–Kier alpha value is -3.51. The highest BCUT2D eigenvalue weighted by atomic mass is 16.4. The topological polar surface area (TPSA) is 82.1 Å². The highest BCUT2D eigenvalue weighted by molar-refractivity contribution is 5.96. The second-order valence-electron chi connectivity index (χ2n) is 7.45. The summed E-state index contributed by atoms with van der Waals surface area (Å²) in [6.07, 6.45) is 1.76. The lowest BCUT2D eigenvalue weighted by molar-refractivity contribution is 0.0697. The van der Waals surface area contributed by atoms with Gasteiger partial charge in [0.05, 0.1) is 11.3 Å². The van der Waals surface area contributed by atoms with E-state index in [1.807, 2.05) is 30.3 Å². The number of likely N-dealkylation sites (tertiary alicyclic amines) is 1. The van der Waals surface area contributed by atoms with Crippen LogP contribution in [0.5, 0.6) is 0 Å². The molecule has 6 nitrogen and oxygen atoms in total. The number of aromatic amines is 1. The summed E-state index contributed by atoms with van der Waals surface area (Å²) < 4.78 is 0. The van der Waals surface area contributed by atoms with Gasteiger partial charge in [-0.3, -0.25) is 10.00 Å². The molecule has 1 aliphatic rings. The van der Waals surface area contributed by atoms with E-state index in [1.165, 1.54) is 11.3 Å². The summed E-state index contributed by atoms with van der Waals surface area (Å²) in [6.45, 7) is 2.84. The maximum absolute atomic E-state index is 11.4. The predicted molar refractivity (Wildman–Crippen MR) is 111 cm³/mol. The zero-order valence-electron chi connectivity index (χ0n) is 15.7. The molecule has 3 heterocycles. The van der Waals surface area contributed by atoms with E-state index in [0.29, 0.717) is 11.5 Å². The summed E-state index contributed by atoms with van der Waals surface area (Å²) in [5.41, 5.74) is 5.16.